The summed E-state index contributed by atoms with van der Waals surface area (Å²) in [6.45, 7) is 2.13. The van der Waals surface area contributed by atoms with Crippen molar-refractivity contribution < 1.29 is 0 Å². The van der Waals surface area contributed by atoms with Gasteiger partial charge in [-0.05, 0) is 24.1 Å². The van der Waals surface area contributed by atoms with E-state index in [0.29, 0.717) is 10.0 Å². The van der Waals surface area contributed by atoms with E-state index in [4.69, 9.17) is 23.2 Å². The quantitative estimate of drug-likeness (QED) is 0.819. The lowest BCUT2D eigenvalue weighted by atomic mass is 10.1. The van der Waals surface area contributed by atoms with E-state index in [9.17, 15) is 0 Å². The third kappa shape index (κ3) is 3.65. The fourth-order valence-electron chi connectivity index (χ4n) is 1.44. The Hall–Kier alpha value is -0.280. The predicted molar refractivity (Wildman–Crippen MR) is 66.3 cm³/mol. The molecule has 0 heterocycles. The number of hydrogen-bond donors (Lipinski definition) is 1. The summed E-state index contributed by atoms with van der Waals surface area (Å²) in [5.41, 5.74) is 4.48. The summed E-state index contributed by atoms with van der Waals surface area (Å²) in [6.07, 6.45) is 0.996. The van der Waals surface area contributed by atoms with E-state index in [2.05, 4.69) is 12.3 Å². The summed E-state index contributed by atoms with van der Waals surface area (Å²) in [5.74, 6) is 0. The van der Waals surface area contributed by atoms with Gasteiger partial charge in [0.2, 0.25) is 0 Å². The largest absolute Gasteiger partial charge is 0.250 e. The molecule has 1 unspecified atom stereocenters. The van der Waals surface area contributed by atoms with Gasteiger partial charge in [0, 0.05) is 20.1 Å². The van der Waals surface area contributed by atoms with Crippen LogP contribution in [0.4, 0.5) is 0 Å². The number of nitrogens with one attached hydrogen (secondary N) is 1. The van der Waals surface area contributed by atoms with Gasteiger partial charge in [-0.3, -0.25) is 5.01 Å². The summed E-state index contributed by atoms with van der Waals surface area (Å²) in [4.78, 5) is 0. The number of rotatable bonds is 4. The van der Waals surface area contributed by atoms with Crippen LogP contribution in [0.2, 0.25) is 10.0 Å². The van der Waals surface area contributed by atoms with Gasteiger partial charge in [-0.2, -0.15) is 0 Å². The van der Waals surface area contributed by atoms with Crippen LogP contribution in [0, 0.1) is 0 Å². The molecule has 0 amide bonds. The topological polar surface area (TPSA) is 15.3 Å². The molecule has 4 heteroatoms. The second-order valence-electron chi connectivity index (χ2n) is 3.66. The minimum atomic E-state index is 0.273. The number of hydrogen-bond acceptors (Lipinski definition) is 2. The Labute approximate surface area is 101 Å². The van der Waals surface area contributed by atoms with Crippen LogP contribution in [-0.2, 0) is 0 Å². The standard InChI is InChI=1S/C11H16Cl2N2/c1-4-11(14-15(2)3)8-5-6-9(12)10(13)7-8/h5-7,11,14H,4H2,1-3H3. The molecule has 2 nitrogen and oxygen atoms in total. The molecule has 15 heavy (non-hydrogen) atoms. The lowest BCUT2D eigenvalue weighted by Crippen LogP contribution is -2.33. The summed E-state index contributed by atoms with van der Waals surface area (Å²) >= 11 is 11.8. The van der Waals surface area contributed by atoms with Crippen molar-refractivity contribution in [2.24, 2.45) is 0 Å². The van der Waals surface area contributed by atoms with Crippen molar-refractivity contribution >= 4 is 23.2 Å². The Morgan fingerprint density at radius 2 is 1.93 bits per heavy atom. The van der Waals surface area contributed by atoms with Crippen LogP contribution < -0.4 is 5.43 Å². The number of halogens is 2. The van der Waals surface area contributed by atoms with Gasteiger partial charge in [0.25, 0.3) is 0 Å². The van der Waals surface area contributed by atoms with E-state index in [1.807, 2.05) is 37.3 Å². The summed E-state index contributed by atoms with van der Waals surface area (Å²) in [5, 5.41) is 3.14. The molecule has 1 atom stereocenters. The molecule has 1 aromatic carbocycles. The molecule has 0 spiro atoms. The lowest BCUT2D eigenvalue weighted by Gasteiger charge is -2.22. The zero-order valence-corrected chi connectivity index (χ0v) is 10.7. The van der Waals surface area contributed by atoms with E-state index in [-0.39, 0.29) is 6.04 Å². The fraction of sp³-hybridized carbons (Fsp3) is 0.455. The van der Waals surface area contributed by atoms with Crippen molar-refractivity contribution in [1.29, 1.82) is 0 Å². The Kier molecular flexibility index (Phi) is 4.87. The first-order valence-corrected chi connectivity index (χ1v) is 5.68. The smallest absolute Gasteiger partial charge is 0.0595 e. The Balaban J connectivity index is 2.87. The monoisotopic (exact) mass is 246 g/mol. The second kappa shape index (κ2) is 5.71. The van der Waals surface area contributed by atoms with Gasteiger partial charge >= 0.3 is 0 Å². The van der Waals surface area contributed by atoms with Gasteiger partial charge in [-0.15, -0.1) is 0 Å². The van der Waals surface area contributed by atoms with Crippen LogP contribution in [0.1, 0.15) is 24.9 Å². The molecule has 0 aliphatic carbocycles. The highest BCUT2D eigenvalue weighted by Crippen LogP contribution is 2.26. The van der Waals surface area contributed by atoms with Crippen LogP contribution in [0.3, 0.4) is 0 Å². The summed E-state index contributed by atoms with van der Waals surface area (Å²) in [7, 11) is 3.94. The van der Waals surface area contributed by atoms with E-state index >= 15 is 0 Å². The van der Waals surface area contributed by atoms with Gasteiger partial charge in [0.15, 0.2) is 0 Å². The Bertz CT molecular complexity index is 326. The van der Waals surface area contributed by atoms with Crippen LogP contribution in [-0.4, -0.2) is 19.1 Å². The van der Waals surface area contributed by atoms with Gasteiger partial charge < -0.3 is 0 Å². The van der Waals surface area contributed by atoms with Gasteiger partial charge in [-0.1, -0.05) is 36.2 Å². The highest BCUT2D eigenvalue weighted by atomic mass is 35.5. The molecule has 0 aliphatic heterocycles. The molecule has 0 saturated heterocycles. The van der Waals surface area contributed by atoms with Crippen LogP contribution in [0.25, 0.3) is 0 Å². The summed E-state index contributed by atoms with van der Waals surface area (Å²) < 4.78 is 0. The highest BCUT2D eigenvalue weighted by molar-refractivity contribution is 6.42. The van der Waals surface area contributed by atoms with Crippen molar-refractivity contribution in [2.75, 3.05) is 14.1 Å². The molecule has 0 aromatic heterocycles. The number of nitrogens with zero attached hydrogens (tertiary/aromatic N) is 1. The second-order valence-corrected chi connectivity index (χ2v) is 4.47. The van der Waals surface area contributed by atoms with Crippen LogP contribution in [0.5, 0.6) is 0 Å². The van der Waals surface area contributed by atoms with Crippen molar-refractivity contribution in [1.82, 2.24) is 10.4 Å². The molecule has 0 bridgehead atoms. The first-order valence-electron chi connectivity index (χ1n) is 4.93. The van der Waals surface area contributed by atoms with Crippen molar-refractivity contribution in [3.63, 3.8) is 0 Å². The molecule has 84 valence electrons. The van der Waals surface area contributed by atoms with Crippen molar-refractivity contribution in [3.05, 3.63) is 33.8 Å². The number of benzene rings is 1. The molecule has 0 saturated carbocycles. The molecule has 1 N–H and O–H groups in total. The average molecular weight is 247 g/mol. The molecule has 1 rings (SSSR count). The predicted octanol–water partition coefficient (Wildman–Crippen LogP) is 3.51. The van der Waals surface area contributed by atoms with Crippen LogP contribution >= 0.6 is 23.2 Å². The summed E-state index contributed by atoms with van der Waals surface area (Å²) in [6, 6.07) is 6.02. The van der Waals surface area contributed by atoms with Gasteiger partial charge in [0.05, 0.1) is 10.0 Å². The minimum absolute atomic E-state index is 0.273. The maximum atomic E-state index is 5.98. The molecular weight excluding hydrogens is 231 g/mol. The third-order valence-corrected chi connectivity index (χ3v) is 2.91. The molecular formula is C11H16Cl2N2. The van der Waals surface area contributed by atoms with Crippen molar-refractivity contribution in [3.8, 4) is 0 Å². The van der Waals surface area contributed by atoms with E-state index in [1.165, 1.54) is 0 Å². The Morgan fingerprint density at radius 1 is 1.27 bits per heavy atom. The zero-order chi connectivity index (χ0) is 11.4. The zero-order valence-electron chi connectivity index (χ0n) is 9.22. The van der Waals surface area contributed by atoms with Crippen LogP contribution in [0.15, 0.2) is 18.2 Å². The Morgan fingerprint density at radius 3 is 2.40 bits per heavy atom. The highest BCUT2D eigenvalue weighted by Gasteiger charge is 2.10. The van der Waals surface area contributed by atoms with Gasteiger partial charge in [0.1, 0.15) is 0 Å². The third-order valence-electron chi connectivity index (χ3n) is 2.17. The average Bonchev–Trinajstić information content (AvgIpc) is 2.18. The van der Waals surface area contributed by atoms with Crippen molar-refractivity contribution in [2.45, 2.75) is 19.4 Å². The molecule has 0 radical (unpaired) electrons. The normalized spacial score (nSPS) is 13.2. The maximum absolute atomic E-state index is 5.98. The van der Waals surface area contributed by atoms with E-state index in [0.717, 1.165) is 12.0 Å². The fourth-order valence-corrected chi connectivity index (χ4v) is 1.75. The molecule has 0 fully saturated rings. The van der Waals surface area contributed by atoms with E-state index < -0.39 is 0 Å². The first kappa shape index (κ1) is 12.8. The van der Waals surface area contributed by atoms with Gasteiger partial charge in [-0.25, -0.2) is 5.43 Å². The SMILES string of the molecule is CCC(NN(C)C)c1ccc(Cl)c(Cl)c1. The number of hydrazine groups is 1. The molecule has 0 aliphatic rings. The lowest BCUT2D eigenvalue weighted by molar-refractivity contribution is 0.239. The minimum Gasteiger partial charge on any atom is -0.250 e. The first-order chi connectivity index (χ1) is 7.04. The molecule has 1 aromatic rings. The maximum Gasteiger partial charge on any atom is 0.0595 e. The van der Waals surface area contributed by atoms with E-state index in [1.54, 1.807) is 0 Å².